The molecular weight excluding hydrogens is 372 g/mol. The number of rotatable bonds is 6. The van der Waals surface area contributed by atoms with Crippen molar-refractivity contribution in [1.29, 1.82) is 0 Å². The van der Waals surface area contributed by atoms with Gasteiger partial charge in [-0.15, -0.1) is 0 Å². The van der Waals surface area contributed by atoms with Gasteiger partial charge < -0.3 is 4.74 Å². The third-order valence-electron chi connectivity index (χ3n) is 9.86. The van der Waals surface area contributed by atoms with Gasteiger partial charge in [0.25, 0.3) is 0 Å². The molecule has 0 heterocycles. The average Bonchev–Trinajstić information content (AvgIpc) is 3.06. The van der Waals surface area contributed by atoms with E-state index < -0.39 is 0 Å². The number of esters is 1. The molecule has 0 N–H and O–H groups in total. The fraction of sp³-hybridized carbons (Fsp3) is 0.852. The van der Waals surface area contributed by atoms with E-state index in [4.69, 9.17) is 4.74 Å². The first-order chi connectivity index (χ1) is 14.3. The molecule has 168 valence electrons. The number of fused-ring (bicyclic) bond motifs is 5. The molecule has 0 saturated heterocycles. The largest absolute Gasteiger partial charge is 0.462 e. The molecule has 7 atom stereocenters. The number of carbonyl (C=O) groups is 2. The van der Waals surface area contributed by atoms with Crippen LogP contribution in [-0.4, -0.2) is 17.9 Å². The molecule has 0 amide bonds. The lowest BCUT2D eigenvalue weighted by molar-refractivity contribution is -0.161. The van der Waals surface area contributed by atoms with Crippen LogP contribution in [-0.2, 0) is 14.3 Å². The van der Waals surface area contributed by atoms with Crippen LogP contribution in [0.2, 0.25) is 0 Å². The smallest absolute Gasteiger partial charge is 0.306 e. The standard InChI is InChI=1S/C27H42O3/c1-5-6-7-8-25(29)30-20-13-15-26(3)19(17-20)9-10-21-23-12-11-22(18(2)28)27(23,4)16-14-24(21)26/h11,19-21,23-24H,5-10,12-17H2,1-4H3/t19-,20?,21?,23?,24?,26-,27+/m0/s1. The molecule has 0 spiro atoms. The SMILES string of the molecule is CCCCCC(=O)OC1CC[C@]2(C)C3CC[C@]4(C)C(C(C)=O)=CCC4C3CC[C@H]2C1. The Kier molecular flexibility index (Phi) is 6.21. The van der Waals surface area contributed by atoms with E-state index in [0.29, 0.717) is 29.5 Å². The summed E-state index contributed by atoms with van der Waals surface area (Å²) in [5, 5.41) is 0. The first-order valence-electron chi connectivity index (χ1n) is 12.7. The van der Waals surface area contributed by atoms with E-state index in [0.717, 1.165) is 55.9 Å². The minimum Gasteiger partial charge on any atom is -0.462 e. The molecule has 0 aromatic rings. The summed E-state index contributed by atoms with van der Waals surface area (Å²) in [6, 6.07) is 0. The Balaban J connectivity index is 1.40. The Morgan fingerprint density at radius 1 is 1.07 bits per heavy atom. The number of carbonyl (C=O) groups excluding carboxylic acids is 2. The molecule has 0 aromatic heterocycles. The lowest BCUT2D eigenvalue weighted by Crippen LogP contribution is -2.54. The van der Waals surface area contributed by atoms with Gasteiger partial charge in [0.1, 0.15) is 6.10 Å². The molecular formula is C27H42O3. The predicted octanol–water partition coefficient (Wildman–Crippen LogP) is 6.65. The minimum absolute atomic E-state index is 0.0213. The third-order valence-corrected chi connectivity index (χ3v) is 9.86. The van der Waals surface area contributed by atoms with Gasteiger partial charge in [0.2, 0.25) is 0 Å². The summed E-state index contributed by atoms with van der Waals surface area (Å²) >= 11 is 0. The van der Waals surface area contributed by atoms with Gasteiger partial charge in [0.05, 0.1) is 0 Å². The van der Waals surface area contributed by atoms with Crippen molar-refractivity contribution in [3.63, 3.8) is 0 Å². The van der Waals surface area contributed by atoms with E-state index in [1.165, 1.54) is 32.1 Å². The molecule has 0 bridgehead atoms. The molecule has 0 radical (unpaired) electrons. The zero-order valence-corrected chi connectivity index (χ0v) is 19.7. The highest BCUT2D eigenvalue weighted by atomic mass is 16.5. The second kappa shape index (κ2) is 8.43. The minimum atomic E-state index is 0.0213. The van der Waals surface area contributed by atoms with Crippen molar-refractivity contribution in [1.82, 2.24) is 0 Å². The van der Waals surface area contributed by atoms with Crippen molar-refractivity contribution in [2.45, 2.75) is 111 Å². The van der Waals surface area contributed by atoms with Crippen LogP contribution in [0.4, 0.5) is 0 Å². The highest BCUT2D eigenvalue weighted by Crippen LogP contribution is 2.66. The van der Waals surface area contributed by atoms with Crippen molar-refractivity contribution < 1.29 is 14.3 Å². The molecule has 4 aliphatic rings. The van der Waals surface area contributed by atoms with Crippen LogP contribution in [0, 0.1) is 34.5 Å². The molecule has 3 saturated carbocycles. The monoisotopic (exact) mass is 414 g/mol. The first-order valence-corrected chi connectivity index (χ1v) is 12.7. The summed E-state index contributed by atoms with van der Waals surface area (Å²) in [5.41, 5.74) is 1.62. The van der Waals surface area contributed by atoms with E-state index in [9.17, 15) is 9.59 Å². The zero-order valence-electron chi connectivity index (χ0n) is 19.7. The lowest BCUT2D eigenvalue weighted by atomic mass is 9.44. The van der Waals surface area contributed by atoms with Crippen LogP contribution in [0.25, 0.3) is 0 Å². The van der Waals surface area contributed by atoms with Crippen molar-refractivity contribution in [3.8, 4) is 0 Å². The van der Waals surface area contributed by atoms with Crippen molar-refractivity contribution in [2.75, 3.05) is 0 Å². The summed E-state index contributed by atoms with van der Waals surface area (Å²) < 4.78 is 5.91. The number of hydrogen-bond donors (Lipinski definition) is 0. The number of allylic oxidation sites excluding steroid dienone is 2. The van der Waals surface area contributed by atoms with Crippen LogP contribution in [0.1, 0.15) is 105 Å². The molecule has 0 aliphatic heterocycles. The Bertz CT molecular complexity index is 709. The van der Waals surface area contributed by atoms with Gasteiger partial charge in [-0.1, -0.05) is 39.7 Å². The summed E-state index contributed by atoms with van der Waals surface area (Å²) in [5.74, 6) is 3.18. The molecule has 4 rings (SSSR count). The maximum Gasteiger partial charge on any atom is 0.306 e. The summed E-state index contributed by atoms with van der Waals surface area (Å²) in [7, 11) is 0. The molecule has 3 nitrogen and oxygen atoms in total. The average molecular weight is 415 g/mol. The molecule has 30 heavy (non-hydrogen) atoms. The van der Waals surface area contributed by atoms with Gasteiger partial charge in [-0.25, -0.2) is 0 Å². The second-order valence-corrected chi connectivity index (χ2v) is 11.4. The van der Waals surface area contributed by atoms with E-state index in [2.05, 4.69) is 26.8 Å². The highest BCUT2D eigenvalue weighted by molar-refractivity contribution is 5.95. The molecule has 4 unspecified atom stereocenters. The fourth-order valence-corrected chi connectivity index (χ4v) is 8.20. The summed E-state index contributed by atoms with van der Waals surface area (Å²) in [6.45, 7) is 8.84. The van der Waals surface area contributed by atoms with Gasteiger partial charge in [0.15, 0.2) is 5.78 Å². The van der Waals surface area contributed by atoms with E-state index >= 15 is 0 Å². The lowest BCUT2D eigenvalue weighted by Gasteiger charge is -2.60. The van der Waals surface area contributed by atoms with E-state index in [1.807, 2.05) is 0 Å². The first kappa shape index (κ1) is 22.1. The number of hydrogen-bond acceptors (Lipinski definition) is 3. The molecule has 3 heteroatoms. The molecule has 3 fully saturated rings. The number of ether oxygens (including phenoxy) is 1. The van der Waals surface area contributed by atoms with Crippen LogP contribution in [0.5, 0.6) is 0 Å². The highest BCUT2D eigenvalue weighted by Gasteiger charge is 2.59. The van der Waals surface area contributed by atoms with E-state index in [1.54, 1.807) is 6.92 Å². The third kappa shape index (κ3) is 3.69. The fourth-order valence-electron chi connectivity index (χ4n) is 8.20. The Morgan fingerprint density at radius 2 is 1.87 bits per heavy atom. The second-order valence-electron chi connectivity index (χ2n) is 11.4. The number of Topliss-reactive ketones (excluding diaryl/α,β-unsaturated/α-hetero) is 1. The summed E-state index contributed by atoms with van der Waals surface area (Å²) in [6.07, 6.45) is 15.6. The van der Waals surface area contributed by atoms with Crippen LogP contribution in [0.15, 0.2) is 11.6 Å². The van der Waals surface area contributed by atoms with Gasteiger partial charge in [-0.3, -0.25) is 9.59 Å². The summed E-state index contributed by atoms with van der Waals surface area (Å²) in [4.78, 5) is 24.5. The van der Waals surface area contributed by atoms with E-state index in [-0.39, 0.29) is 17.5 Å². The normalized spacial score (nSPS) is 42.5. The van der Waals surface area contributed by atoms with Crippen molar-refractivity contribution in [2.24, 2.45) is 34.5 Å². The Labute approximate surface area is 183 Å². The maximum atomic E-state index is 12.3. The molecule has 4 aliphatic carbocycles. The number of unbranched alkanes of at least 4 members (excludes halogenated alkanes) is 2. The van der Waals surface area contributed by atoms with Crippen molar-refractivity contribution >= 4 is 11.8 Å². The van der Waals surface area contributed by atoms with Gasteiger partial charge in [0, 0.05) is 6.42 Å². The topological polar surface area (TPSA) is 43.4 Å². The number of ketones is 1. The molecule has 0 aromatic carbocycles. The zero-order chi connectivity index (χ0) is 21.5. The predicted molar refractivity (Wildman–Crippen MR) is 120 cm³/mol. The quantitative estimate of drug-likeness (QED) is 0.361. The van der Waals surface area contributed by atoms with Gasteiger partial charge in [-0.2, -0.15) is 0 Å². The Morgan fingerprint density at radius 3 is 2.60 bits per heavy atom. The van der Waals surface area contributed by atoms with Crippen LogP contribution in [0.3, 0.4) is 0 Å². The van der Waals surface area contributed by atoms with Crippen molar-refractivity contribution in [3.05, 3.63) is 11.6 Å². The Hall–Kier alpha value is -1.12. The maximum absolute atomic E-state index is 12.3. The van der Waals surface area contributed by atoms with Gasteiger partial charge in [-0.05, 0) is 105 Å². The van der Waals surface area contributed by atoms with Gasteiger partial charge >= 0.3 is 5.97 Å². The van der Waals surface area contributed by atoms with Crippen LogP contribution < -0.4 is 0 Å². The van der Waals surface area contributed by atoms with Crippen LogP contribution >= 0.6 is 0 Å².